The number of piperazine rings is 1. The van der Waals surface area contributed by atoms with E-state index in [1.54, 1.807) is 0 Å². The van der Waals surface area contributed by atoms with E-state index in [1.807, 2.05) is 5.38 Å². The molecule has 1 amide bonds. The topological polar surface area (TPSA) is 48.5 Å². The van der Waals surface area contributed by atoms with Crippen LogP contribution in [0.2, 0.25) is 0 Å². The molecule has 0 atom stereocenters. The fourth-order valence-electron chi connectivity index (χ4n) is 2.73. The van der Waals surface area contributed by atoms with Crippen molar-refractivity contribution in [1.82, 2.24) is 14.8 Å². The van der Waals surface area contributed by atoms with Crippen molar-refractivity contribution in [3.05, 3.63) is 34.7 Å². The molecule has 0 aliphatic carbocycles. The largest absolute Gasteiger partial charge is 0.304 e. The molecule has 1 aliphatic heterocycles. The Balaban J connectivity index is 1.59. The molecule has 2 aromatic rings. The predicted molar refractivity (Wildman–Crippen MR) is 99.6 cm³/mol. The van der Waals surface area contributed by atoms with Crippen molar-refractivity contribution < 1.29 is 4.79 Å². The molecule has 1 aromatic heterocycles. The Hall–Kier alpha value is -1.76. The van der Waals surface area contributed by atoms with E-state index in [1.165, 1.54) is 22.5 Å². The van der Waals surface area contributed by atoms with Crippen LogP contribution in [0.5, 0.6) is 0 Å². The maximum absolute atomic E-state index is 12.2. The van der Waals surface area contributed by atoms with E-state index in [0.29, 0.717) is 11.7 Å². The van der Waals surface area contributed by atoms with Gasteiger partial charge in [-0.3, -0.25) is 9.69 Å². The first kappa shape index (κ1) is 17.1. The summed E-state index contributed by atoms with van der Waals surface area (Å²) in [6, 6.07) is 6.32. The number of nitrogens with one attached hydrogen (secondary N) is 1. The third-order valence-corrected chi connectivity index (χ3v) is 5.27. The summed E-state index contributed by atoms with van der Waals surface area (Å²) < 4.78 is 0. The summed E-state index contributed by atoms with van der Waals surface area (Å²) in [6.45, 7) is 8.55. The predicted octanol–water partition coefficient (Wildman–Crippen LogP) is 2.61. The Morgan fingerprint density at radius 2 is 1.96 bits per heavy atom. The lowest BCUT2D eigenvalue weighted by molar-refractivity contribution is -0.117. The Morgan fingerprint density at radius 3 is 2.67 bits per heavy atom. The third kappa shape index (κ3) is 4.20. The van der Waals surface area contributed by atoms with E-state index in [4.69, 9.17) is 0 Å². The summed E-state index contributed by atoms with van der Waals surface area (Å²) in [5.41, 5.74) is 4.53. The highest BCUT2D eigenvalue weighted by Gasteiger charge is 2.17. The lowest BCUT2D eigenvalue weighted by atomic mass is 10.1. The second kappa shape index (κ2) is 7.42. The second-order valence-electron chi connectivity index (χ2n) is 6.46. The van der Waals surface area contributed by atoms with Crippen LogP contribution >= 0.6 is 11.3 Å². The van der Waals surface area contributed by atoms with Crippen LogP contribution in [0.25, 0.3) is 11.3 Å². The molecule has 3 rings (SSSR count). The monoisotopic (exact) mass is 344 g/mol. The number of hydrogen-bond donors (Lipinski definition) is 1. The fraction of sp³-hybridized carbons (Fsp3) is 0.444. The minimum Gasteiger partial charge on any atom is -0.304 e. The first-order chi connectivity index (χ1) is 11.5. The number of aryl methyl sites for hydroxylation is 2. The molecule has 24 heavy (non-hydrogen) atoms. The zero-order chi connectivity index (χ0) is 17.1. The van der Waals surface area contributed by atoms with Crippen LogP contribution in [0.3, 0.4) is 0 Å². The molecule has 1 saturated heterocycles. The van der Waals surface area contributed by atoms with E-state index in [-0.39, 0.29) is 5.91 Å². The molecular weight excluding hydrogens is 320 g/mol. The van der Waals surface area contributed by atoms with Crippen LogP contribution in [-0.2, 0) is 4.79 Å². The van der Waals surface area contributed by atoms with Gasteiger partial charge in [0.1, 0.15) is 0 Å². The Bertz CT molecular complexity index is 720. The van der Waals surface area contributed by atoms with E-state index in [9.17, 15) is 4.79 Å². The number of carbonyl (C=O) groups excluding carboxylic acids is 1. The summed E-state index contributed by atoms with van der Waals surface area (Å²) >= 11 is 1.48. The maximum Gasteiger partial charge on any atom is 0.240 e. The van der Waals surface area contributed by atoms with E-state index >= 15 is 0 Å². The van der Waals surface area contributed by atoms with Crippen molar-refractivity contribution in [1.29, 1.82) is 0 Å². The van der Waals surface area contributed by atoms with Gasteiger partial charge in [0.2, 0.25) is 5.91 Å². The van der Waals surface area contributed by atoms with Crippen LogP contribution in [0.15, 0.2) is 23.6 Å². The molecule has 0 bridgehead atoms. The average Bonchev–Trinajstić information content (AvgIpc) is 3.00. The van der Waals surface area contributed by atoms with E-state index in [0.717, 1.165) is 37.4 Å². The molecule has 1 N–H and O–H groups in total. The molecule has 5 nitrogen and oxygen atoms in total. The summed E-state index contributed by atoms with van der Waals surface area (Å²) in [7, 11) is 2.11. The zero-order valence-electron chi connectivity index (χ0n) is 14.5. The van der Waals surface area contributed by atoms with Crippen molar-refractivity contribution in [3.63, 3.8) is 0 Å². The van der Waals surface area contributed by atoms with Gasteiger partial charge < -0.3 is 10.2 Å². The van der Waals surface area contributed by atoms with Crippen molar-refractivity contribution in [2.75, 3.05) is 45.1 Å². The van der Waals surface area contributed by atoms with Crippen LogP contribution in [0, 0.1) is 13.8 Å². The van der Waals surface area contributed by atoms with Gasteiger partial charge in [0.15, 0.2) is 5.13 Å². The number of aromatic nitrogens is 1. The molecule has 128 valence electrons. The number of nitrogens with zero attached hydrogens (tertiary/aromatic N) is 3. The molecule has 1 fully saturated rings. The molecule has 1 aromatic carbocycles. The van der Waals surface area contributed by atoms with Crippen molar-refractivity contribution in [2.24, 2.45) is 0 Å². The smallest absolute Gasteiger partial charge is 0.240 e. The van der Waals surface area contributed by atoms with Crippen molar-refractivity contribution >= 4 is 22.4 Å². The Kier molecular flexibility index (Phi) is 5.28. The number of amides is 1. The molecule has 0 saturated carbocycles. The third-order valence-electron chi connectivity index (χ3n) is 4.52. The maximum atomic E-state index is 12.2. The standard InChI is InChI=1S/C18H24N4OS/c1-13-4-5-15(10-14(13)2)16-12-24-18(19-16)20-17(23)11-22-8-6-21(3)7-9-22/h4-5,10,12H,6-9,11H2,1-3H3,(H,19,20,23). The van der Waals surface area contributed by atoms with E-state index < -0.39 is 0 Å². The number of anilines is 1. The number of thiazole rings is 1. The lowest BCUT2D eigenvalue weighted by Crippen LogP contribution is -2.47. The number of benzene rings is 1. The molecule has 0 radical (unpaired) electrons. The van der Waals surface area contributed by atoms with Crippen molar-refractivity contribution in [3.8, 4) is 11.3 Å². The van der Waals surface area contributed by atoms with Gasteiger partial charge in [-0.15, -0.1) is 11.3 Å². The summed E-state index contributed by atoms with van der Waals surface area (Å²) in [6.07, 6.45) is 0. The van der Waals surface area contributed by atoms with Gasteiger partial charge >= 0.3 is 0 Å². The van der Waals surface area contributed by atoms with Gasteiger partial charge in [-0.1, -0.05) is 12.1 Å². The Morgan fingerprint density at radius 1 is 1.21 bits per heavy atom. The van der Waals surface area contributed by atoms with Gasteiger partial charge in [0.25, 0.3) is 0 Å². The normalized spacial score (nSPS) is 16.3. The van der Waals surface area contributed by atoms with E-state index in [2.05, 4.69) is 59.2 Å². The molecule has 0 spiro atoms. The van der Waals surface area contributed by atoms with Gasteiger partial charge in [0, 0.05) is 37.1 Å². The second-order valence-corrected chi connectivity index (χ2v) is 7.32. The lowest BCUT2D eigenvalue weighted by Gasteiger charge is -2.31. The van der Waals surface area contributed by atoms with Crippen LogP contribution in [0.1, 0.15) is 11.1 Å². The molecule has 1 aliphatic rings. The Labute approximate surface area is 147 Å². The highest BCUT2D eigenvalue weighted by Crippen LogP contribution is 2.26. The molecule has 6 heteroatoms. The van der Waals surface area contributed by atoms with Crippen LogP contribution < -0.4 is 5.32 Å². The van der Waals surface area contributed by atoms with Gasteiger partial charge in [-0.25, -0.2) is 4.98 Å². The summed E-state index contributed by atoms with van der Waals surface area (Å²) in [5, 5.41) is 5.59. The average molecular weight is 344 g/mol. The molecule has 0 unspecified atom stereocenters. The minimum absolute atomic E-state index is 0.0144. The van der Waals surface area contributed by atoms with Gasteiger partial charge in [-0.2, -0.15) is 0 Å². The first-order valence-corrected chi connectivity index (χ1v) is 9.13. The molecular formula is C18H24N4OS. The number of carbonyl (C=O) groups is 1. The zero-order valence-corrected chi connectivity index (χ0v) is 15.3. The number of likely N-dealkylation sites (N-methyl/N-ethyl adjacent to an activating group) is 1. The minimum atomic E-state index is 0.0144. The van der Waals surface area contributed by atoms with Crippen LogP contribution in [0.4, 0.5) is 5.13 Å². The van der Waals surface area contributed by atoms with Crippen LogP contribution in [-0.4, -0.2) is 60.5 Å². The quantitative estimate of drug-likeness (QED) is 0.926. The first-order valence-electron chi connectivity index (χ1n) is 8.25. The number of hydrogen-bond acceptors (Lipinski definition) is 5. The molecule has 2 heterocycles. The van der Waals surface area contributed by atoms with Crippen molar-refractivity contribution in [2.45, 2.75) is 13.8 Å². The van der Waals surface area contributed by atoms with Gasteiger partial charge in [0.05, 0.1) is 12.2 Å². The highest BCUT2D eigenvalue weighted by atomic mass is 32.1. The SMILES string of the molecule is Cc1ccc(-c2csc(NC(=O)CN3CCN(C)CC3)n2)cc1C. The highest BCUT2D eigenvalue weighted by molar-refractivity contribution is 7.14. The summed E-state index contributed by atoms with van der Waals surface area (Å²) in [4.78, 5) is 21.2. The van der Waals surface area contributed by atoms with Gasteiger partial charge in [-0.05, 0) is 38.1 Å². The fourth-order valence-corrected chi connectivity index (χ4v) is 3.47. The number of rotatable bonds is 4. The summed E-state index contributed by atoms with van der Waals surface area (Å²) in [5.74, 6) is 0.0144.